The Morgan fingerprint density at radius 2 is 1.86 bits per heavy atom. The van der Waals surface area contributed by atoms with E-state index in [1.807, 2.05) is 40.7 Å². The van der Waals surface area contributed by atoms with Crippen LogP contribution in [0, 0.1) is 5.41 Å². The van der Waals surface area contributed by atoms with Crippen LogP contribution in [0.3, 0.4) is 0 Å². The first-order valence-electron chi connectivity index (χ1n) is 7.25. The van der Waals surface area contributed by atoms with Crippen molar-refractivity contribution in [1.82, 2.24) is 0 Å². The number of amides is 1. The molecule has 0 aliphatic heterocycles. The van der Waals surface area contributed by atoms with Gasteiger partial charge in [0.25, 0.3) is 0 Å². The highest BCUT2D eigenvalue weighted by atomic mass is 16.5. The average molecular weight is 294 g/mol. The first-order valence-corrected chi connectivity index (χ1v) is 7.25. The predicted molar refractivity (Wildman–Crippen MR) is 84.8 cm³/mol. The molecule has 118 valence electrons. The fraction of sp³-hybridized carbons (Fsp3) is 0.562. The molecular weight excluding hydrogens is 268 g/mol. The molecule has 0 radical (unpaired) electrons. The average Bonchev–Trinajstić information content (AvgIpc) is 2.40. The van der Waals surface area contributed by atoms with Gasteiger partial charge in [-0.2, -0.15) is 0 Å². The second kappa shape index (κ2) is 7.31. The molecule has 21 heavy (non-hydrogen) atoms. The lowest BCUT2D eigenvalue weighted by Gasteiger charge is -2.26. The van der Waals surface area contributed by atoms with Gasteiger partial charge in [0.05, 0.1) is 24.9 Å². The van der Waals surface area contributed by atoms with Crippen LogP contribution in [0.2, 0.25) is 0 Å². The van der Waals surface area contributed by atoms with Crippen molar-refractivity contribution < 1.29 is 14.3 Å². The predicted octanol–water partition coefficient (Wildman–Crippen LogP) is 2.80. The SMILES string of the molecule is CCOc1ccc(OCC)c(NC(=O)C(N)C(C)(C)C)c1. The number of hydrogen-bond acceptors (Lipinski definition) is 4. The van der Waals surface area contributed by atoms with E-state index in [-0.39, 0.29) is 11.3 Å². The Hall–Kier alpha value is -1.75. The van der Waals surface area contributed by atoms with Crippen molar-refractivity contribution in [2.75, 3.05) is 18.5 Å². The van der Waals surface area contributed by atoms with Crippen LogP contribution in [-0.2, 0) is 4.79 Å². The van der Waals surface area contributed by atoms with Gasteiger partial charge >= 0.3 is 0 Å². The highest BCUT2D eigenvalue weighted by molar-refractivity contribution is 5.96. The van der Waals surface area contributed by atoms with E-state index in [2.05, 4.69) is 5.32 Å². The third-order valence-corrected chi connectivity index (χ3v) is 3.04. The Balaban J connectivity index is 2.98. The van der Waals surface area contributed by atoms with Crippen molar-refractivity contribution in [3.05, 3.63) is 18.2 Å². The second-order valence-electron chi connectivity index (χ2n) is 5.86. The van der Waals surface area contributed by atoms with Crippen LogP contribution in [0.5, 0.6) is 11.5 Å². The molecule has 1 unspecified atom stereocenters. The molecule has 1 rings (SSSR count). The molecule has 1 amide bonds. The zero-order chi connectivity index (χ0) is 16.0. The molecule has 5 nitrogen and oxygen atoms in total. The molecular formula is C16H26N2O3. The maximum absolute atomic E-state index is 12.3. The molecule has 0 spiro atoms. The summed E-state index contributed by atoms with van der Waals surface area (Å²) in [4.78, 5) is 12.3. The van der Waals surface area contributed by atoms with Gasteiger partial charge in [-0.15, -0.1) is 0 Å². The minimum atomic E-state index is -0.609. The van der Waals surface area contributed by atoms with E-state index in [4.69, 9.17) is 15.2 Å². The normalized spacial score (nSPS) is 12.7. The smallest absolute Gasteiger partial charge is 0.241 e. The monoisotopic (exact) mass is 294 g/mol. The summed E-state index contributed by atoms with van der Waals surface area (Å²) in [5.74, 6) is 1.05. The summed E-state index contributed by atoms with van der Waals surface area (Å²) < 4.78 is 11.0. The summed E-state index contributed by atoms with van der Waals surface area (Å²) in [5, 5.41) is 2.83. The summed E-state index contributed by atoms with van der Waals surface area (Å²) in [5.41, 5.74) is 6.24. The Bertz CT molecular complexity index is 481. The van der Waals surface area contributed by atoms with Gasteiger partial charge in [0, 0.05) is 6.07 Å². The zero-order valence-electron chi connectivity index (χ0n) is 13.5. The fourth-order valence-corrected chi connectivity index (χ4v) is 1.75. The molecule has 0 aliphatic rings. The molecule has 0 fully saturated rings. The first-order chi connectivity index (χ1) is 9.79. The number of anilines is 1. The minimum Gasteiger partial charge on any atom is -0.494 e. The number of carbonyl (C=O) groups excluding carboxylic acids is 1. The molecule has 0 bridgehead atoms. The Kier molecular flexibility index (Phi) is 6.03. The van der Waals surface area contributed by atoms with Gasteiger partial charge < -0.3 is 20.5 Å². The lowest BCUT2D eigenvalue weighted by Crippen LogP contribution is -2.45. The molecule has 1 aromatic carbocycles. The quantitative estimate of drug-likeness (QED) is 0.846. The minimum absolute atomic E-state index is 0.239. The summed E-state index contributed by atoms with van der Waals surface area (Å²) >= 11 is 0. The van der Waals surface area contributed by atoms with E-state index in [0.29, 0.717) is 30.4 Å². The zero-order valence-corrected chi connectivity index (χ0v) is 13.5. The molecule has 1 aromatic rings. The number of benzene rings is 1. The maximum atomic E-state index is 12.3. The van der Waals surface area contributed by atoms with Crippen molar-refractivity contribution in [2.24, 2.45) is 11.1 Å². The highest BCUT2D eigenvalue weighted by Crippen LogP contribution is 2.30. The van der Waals surface area contributed by atoms with Crippen molar-refractivity contribution in [2.45, 2.75) is 40.7 Å². The number of hydrogen-bond donors (Lipinski definition) is 2. The van der Waals surface area contributed by atoms with Gasteiger partial charge in [-0.25, -0.2) is 0 Å². The van der Waals surface area contributed by atoms with E-state index in [1.54, 1.807) is 12.1 Å². The molecule has 0 aliphatic carbocycles. The molecule has 0 saturated carbocycles. The van der Waals surface area contributed by atoms with Crippen molar-refractivity contribution in [1.29, 1.82) is 0 Å². The third kappa shape index (κ3) is 4.93. The maximum Gasteiger partial charge on any atom is 0.241 e. The Morgan fingerprint density at radius 3 is 2.38 bits per heavy atom. The van der Waals surface area contributed by atoms with Gasteiger partial charge in [0.2, 0.25) is 5.91 Å². The van der Waals surface area contributed by atoms with Crippen LogP contribution in [0.25, 0.3) is 0 Å². The molecule has 1 atom stereocenters. The number of nitrogens with one attached hydrogen (secondary N) is 1. The summed E-state index contributed by atoms with van der Waals surface area (Å²) in [6, 6.07) is 4.74. The number of ether oxygens (including phenoxy) is 2. The van der Waals surface area contributed by atoms with Gasteiger partial charge in [-0.05, 0) is 31.4 Å². The summed E-state index contributed by atoms with van der Waals surface area (Å²) in [7, 11) is 0. The lowest BCUT2D eigenvalue weighted by atomic mass is 9.87. The second-order valence-corrected chi connectivity index (χ2v) is 5.86. The van der Waals surface area contributed by atoms with E-state index in [1.165, 1.54) is 0 Å². The van der Waals surface area contributed by atoms with Crippen molar-refractivity contribution >= 4 is 11.6 Å². The van der Waals surface area contributed by atoms with Crippen LogP contribution in [0.15, 0.2) is 18.2 Å². The Labute approximate surface area is 126 Å². The fourth-order valence-electron chi connectivity index (χ4n) is 1.75. The van der Waals surface area contributed by atoms with Gasteiger partial charge in [0.15, 0.2) is 0 Å². The number of rotatable bonds is 6. The highest BCUT2D eigenvalue weighted by Gasteiger charge is 2.28. The third-order valence-electron chi connectivity index (χ3n) is 3.04. The topological polar surface area (TPSA) is 73.6 Å². The van der Waals surface area contributed by atoms with Crippen LogP contribution in [0.4, 0.5) is 5.69 Å². The first kappa shape index (κ1) is 17.3. The van der Waals surface area contributed by atoms with E-state index in [0.717, 1.165) is 0 Å². The Morgan fingerprint density at radius 1 is 1.24 bits per heavy atom. The van der Waals surface area contributed by atoms with Crippen molar-refractivity contribution in [3.63, 3.8) is 0 Å². The van der Waals surface area contributed by atoms with E-state index < -0.39 is 6.04 Å². The standard InChI is InChI=1S/C16H26N2O3/c1-6-20-11-8-9-13(21-7-2)12(10-11)18-15(19)14(17)16(3,4)5/h8-10,14H,6-7,17H2,1-5H3,(H,18,19). The van der Waals surface area contributed by atoms with E-state index >= 15 is 0 Å². The molecule has 0 heterocycles. The van der Waals surface area contributed by atoms with Crippen molar-refractivity contribution in [3.8, 4) is 11.5 Å². The largest absolute Gasteiger partial charge is 0.494 e. The molecule has 5 heteroatoms. The van der Waals surface area contributed by atoms with E-state index in [9.17, 15) is 4.79 Å². The molecule has 3 N–H and O–H groups in total. The van der Waals surface area contributed by atoms with Crippen LogP contribution in [0.1, 0.15) is 34.6 Å². The lowest BCUT2D eigenvalue weighted by molar-refractivity contribution is -0.119. The van der Waals surface area contributed by atoms with Crippen LogP contribution >= 0.6 is 0 Å². The number of carbonyl (C=O) groups is 1. The number of nitrogens with two attached hydrogens (primary N) is 1. The van der Waals surface area contributed by atoms with Crippen LogP contribution < -0.4 is 20.5 Å². The molecule has 0 saturated heterocycles. The summed E-state index contributed by atoms with van der Waals surface area (Å²) in [6.45, 7) is 10.7. The molecule has 0 aromatic heterocycles. The summed E-state index contributed by atoms with van der Waals surface area (Å²) in [6.07, 6.45) is 0. The van der Waals surface area contributed by atoms with Gasteiger partial charge in [-0.1, -0.05) is 20.8 Å². The van der Waals surface area contributed by atoms with Gasteiger partial charge in [0.1, 0.15) is 11.5 Å². The van der Waals surface area contributed by atoms with Crippen LogP contribution in [-0.4, -0.2) is 25.2 Å². The van der Waals surface area contributed by atoms with Gasteiger partial charge in [-0.3, -0.25) is 4.79 Å².